The summed E-state index contributed by atoms with van der Waals surface area (Å²) in [5, 5.41) is 0. The summed E-state index contributed by atoms with van der Waals surface area (Å²) in [6, 6.07) is 0. The number of carbonyl (C=O) groups excluding carboxylic acids is 1. The first kappa shape index (κ1) is 10.8. The summed E-state index contributed by atoms with van der Waals surface area (Å²) in [6.07, 6.45) is -0.648. The van der Waals surface area contributed by atoms with Crippen molar-refractivity contribution in [1.82, 2.24) is 0 Å². The Morgan fingerprint density at radius 1 is 1.54 bits per heavy atom. The maximum atomic E-state index is 10.8. The zero-order valence-electron chi connectivity index (χ0n) is 7.66. The number of hydrogen-bond acceptors (Lipinski definition) is 4. The van der Waals surface area contributed by atoms with Crippen LogP contribution >= 0.6 is 11.6 Å². The van der Waals surface area contributed by atoms with Gasteiger partial charge < -0.3 is 14.2 Å². The Bertz CT molecular complexity index is 185. The summed E-state index contributed by atoms with van der Waals surface area (Å²) in [6.45, 7) is 4.05. The molecule has 1 aliphatic rings. The van der Waals surface area contributed by atoms with Crippen molar-refractivity contribution in [3.8, 4) is 0 Å². The van der Waals surface area contributed by atoms with Crippen molar-refractivity contribution in [3.63, 3.8) is 0 Å². The zero-order valence-corrected chi connectivity index (χ0v) is 8.41. The molecule has 0 N–H and O–H groups in total. The lowest BCUT2D eigenvalue weighted by atomic mass is 10.2. The Kier molecular flexibility index (Phi) is 3.96. The number of ether oxygens (including phenoxy) is 3. The van der Waals surface area contributed by atoms with E-state index in [2.05, 4.69) is 0 Å². The average molecular weight is 209 g/mol. The molecule has 0 spiro atoms. The molecule has 0 aromatic carbocycles. The van der Waals surface area contributed by atoms with E-state index in [9.17, 15) is 4.79 Å². The lowest BCUT2D eigenvalue weighted by molar-refractivity contribution is -0.251. The van der Waals surface area contributed by atoms with E-state index in [0.717, 1.165) is 0 Å². The molecule has 3 atom stereocenters. The number of halogens is 1. The highest BCUT2D eigenvalue weighted by molar-refractivity contribution is 6.26. The number of rotatable bonds is 2. The van der Waals surface area contributed by atoms with Crippen molar-refractivity contribution in [2.45, 2.75) is 32.3 Å². The minimum Gasteiger partial charge on any atom is -0.432 e. The van der Waals surface area contributed by atoms with Gasteiger partial charge in [0.2, 0.25) is 6.29 Å². The minimum atomic E-state index is -0.613. The SMILES string of the molecule is CC1OCC(OC(=O)CCl)OC1C. The third-order valence-corrected chi connectivity index (χ3v) is 2.11. The number of hydrogen-bond donors (Lipinski definition) is 0. The van der Waals surface area contributed by atoms with E-state index in [4.69, 9.17) is 25.8 Å². The van der Waals surface area contributed by atoms with Crippen LogP contribution in [-0.4, -0.2) is 37.0 Å². The fourth-order valence-corrected chi connectivity index (χ4v) is 1.06. The lowest BCUT2D eigenvalue weighted by Gasteiger charge is -2.32. The summed E-state index contributed by atoms with van der Waals surface area (Å²) < 4.78 is 15.5. The fraction of sp³-hybridized carbons (Fsp3) is 0.875. The van der Waals surface area contributed by atoms with Crippen LogP contribution in [0.15, 0.2) is 0 Å². The molecule has 1 aliphatic heterocycles. The van der Waals surface area contributed by atoms with Gasteiger partial charge >= 0.3 is 5.97 Å². The Morgan fingerprint density at radius 2 is 2.23 bits per heavy atom. The highest BCUT2D eigenvalue weighted by Gasteiger charge is 2.27. The molecule has 0 amide bonds. The predicted octanol–water partition coefficient (Wildman–Crippen LogP) is 0.918. The number of alkyl halides is 1. The zero-order chi connectivity index (χ0) is 9.84. The normalized spacial score (nSPS) is 34.2. The summed E-state index contributed by atoms with van der Waals surface area (Å²) in [5.74, 6) is -0.652. The Balaban J connectivity index is 2.33. The topological polar surface area (TPSA) is 44.8 Å². The summed E-state index contributed by atoms with van der Waals surface area (Å²) >= 11 is 5.27. The van der Waals surface area contributed by atoms with Gasteiger partial charge in [0, 0.05) is 0 Å². The van der Waals surface area contributed by atoms with E-state index in [1.54, 1.807) is 0 Å². The fourth-order valence-electron chi connectivity index (χ4n) is 0.995. The van der Waals surface area contributed by atoms with Crippen molar-refractivity contribution in [2.24, 2.45) is 0 Å². The van der Waals surface area contributed by atoms with Crippen LogP contribution in [0.1, 0.15) is 13.8 Å². The van der Waals surface area contributed by atoms with Crippen LogP contribution in [0.25, 0.3) is 0 Å². The second-order valence-electron chi connectivity index (χ2n) is 2.93. The maximum Gasteiger partial charge on any atom is 0.323 e. The molecular weight excluding hydrogens is 196 g/mol. The largest absolute Gasteiger partial charge is 0.432 e. The van der Waals surface area contributed by atoms with Gasteiger partial charge in [-0.3, -0.25) is 4.79 Å². The van der Waals surface area contributed by atoms with Crippen LogP contribution in [-0.2, 0) is 19.0 Å². The molecule has 0 aromatic rings. The van der Waals surface area contributed by atoms with E-state index in [1.807, 2.05) is 13.8 Å². The molecule has 0 bridgehead atoms. The summed E-state index contributed by atoms with van der Waals surface area (Å²) in [7, 11) is 0. The summed E-state index contributed by atoms with van der Waals surface area (Å²) in [4.78, 5) is 10.8. The maximum absolute atomic E-state index is 10.8. The quantitative estimate of drug-likeness (QED) is 0.500. The molecule has 1 heterocycles. The second-order valence-corrected chi connectivity index (χ2v) is 3.20. The number of carbonyl (C=O) groups is 1. The van der Waals surface area contributed by atoms with E-state index < -0.39 is 12.3 Å². The molecule has 76 valence electrons. The molecule has 1 rings (SSSR count). The van der Waals surface area contributed by atoms with Gasteiger partial charge in [0.25, 0.3) is 0 Å². The number of esters is 1. The molecule has 1 fully saturated rings. The van der Waals surface area contributed by atoms with Gasteiger partial charge in [-0.1, -0.05) is 0 Å². The van der Waals surface area contributed by atoms with Crippen LogP contribution in [0.3, 0.4) is 0 Å². The first-order chi connectivity index (χ1) is 6.13. The second kappa shape index (κ2) is 4.79. The van der Waals surface area contributed by atoms with Gasteiger partial charge in [0.15, 0.2) is 0 Å². The lowest BCUT2D eigenvalue weighted by Crippen LogP contribution is -2.42. The van der Waals surface area contributed by atoms with Crippen LogP contribution in [0.2, 0.25) is 0 Å². The Labute approximate surface area is 82.1 Å². The molecule has 0 aliphatic carbocycles. The third kappa shape index (κ3) is 3.14. The summed E-state index contributed by atoms with van der Waals surface area (Å²) in [5.41, 5.74) is 0. The van der Waals surface area contributed by atoms with E-state index in [0.29, 0.717) is 0 Å². The Morgan fingerprint density at radius 3 is 2.77 bits per heavy atom. The van der Waals surface area contributed by atoms with Gasteiger partial charge in [-0.2, -0.15) is 0 Å². The first-order valence-corrected chi connectivity index (χ1v) is 4.69. The van der Waals surface area contributed by atoms with Crippen molar-refractivity contribution in [2.75, 3.05) is 12.5 Å². The Hall–Kier alpha value is -0.320. The van der Waals surface area contributed by atoms with Crippen LogP contribution in [0.5, 0.6) is 0 Å². The van der Waals surface area contributed by atoms with Crippen molar-refractivity contribution < 1.29 is 19.0 Å². The molecule has 0 saturated carbocycles. The predicted molar refractivity (Wildman–Crippen MR) is 46.6 cm³/mol. The van der Waals surface area contributed by atoms with Gasteiger partial charge in [-0.05, 0) is 13.8 Å². The molecule has 5 heteroatoms. The highest BCUT2D eigenvalue weighted by Crippen LogP contribution is 2.14. The molecule has 1 saturated heterocycles. The molecular formula is C8H13ClO4. The molecule has 13 heavy (non-hydrogen) atoms. The van der Waals surface area contributed by atoms with Gasteiger partial charge in [0.05, 0.1) is 12.2 Å². The van der Waals surface area contributed by atoms with Crippen LogP contribution < -0.4 is 0 Å². The van der Waals surface area contributed by atoms with E-state index in [1.165, 1.54) is 0 Å². The van der Waals surface area contributed by atoms with Crippen molar-refractivity contribution in [3.05, 3.63) is 0 Å². The average Bonchev–Trinajstić information content (AvgIpc) is 2.11. The van der Waals surface area contributed by atoms with Crippen molar-refractivity contribution in [1.29, 1.82) is 0 Å². The molecule has 0 aromatic heterocycles. The van der Waals surface area contributed by atoms with Crippen LogP contribution in [0.4, 0.5) is 0 Å². The van der Waals surface area contributed by atoms with E-state index in [-0.39, 0.29) is 24.7 Å². The van der Waals surface area contributed by atoms with Crippen molar-refractivity contribution >= 4 is 17.6 Å². The smallest absolute Gasteiger partial charge is 0.323 e. The van der Waals surface area contributed by atoms with Gasteiger partial charge in [-0.25, -0.2) is 0 Å². The molecule has 3 unspecified atom stereocenters. The monoisotopic (exact) mass is 208 g/mol. The molecule has 4 nitrogen and oxygen atoms in total. The minimum absolute atomic E-state index is 0.0333. The highest BCUT2D eigenvalue weighted by atomic mass is 35.5. The van der Waals surface area contributed by atoms with E-state index >= 15 is 0 Å². The van der Waals surface area contributed by atoms with Gasteiger partial charge in [0.1, 0.15) is 12.5 Å². The first-order valence-electron chi connectivity index (χ1n) is 4.16. The third-order valence-electron chi connectivity index (χ3n) is 1.89. The molecule has 0 radical (unpaired) electrons. The van der Waals surface area contributed by atoms with Crippen LogP contribution in [0, 0.1) is 0 Å². The standard InChI is InChI=1S/C8H13ClO4/c1-5-6(2)12-8(4-11-5)13-7(10)3-9/h5-6,8H,3-4H2,1-2H3. The van der Waals surface area contributed by atoms with Gasteiger partial charge in [-0.15, -0.1) is 11.6 Å².